The van der Waals surface area contributed by atoms with Crippen molar-refractivity contribution in [2.45, 2.75) is 53.4 Å². The summed E-state index contributed by atoms with van der Waals surface area (Å²) in [5, 5.41) is 0. The molecule has 0 N–H and O–H groups in total. The maximum absolute atomic E-state index is 11.8. The number of allylic oxidation sites excluding steroid dienone is 1. The first kappa shape index (κ1) is 17.7. The Kier molecular flexibility index (Phi) is 9.85. The standard InChI is InChI=1S/C15H26O4/c1-5-7-9-18-15(17)13(8-6-2)11-19-14(16)10-12(3)4/h8,12H,5-7,9-11H2,1-4H3. The van der Waals surface area contributed by atoms with E-state index in [4.69, 9.17) is 9.47 Å². The SMILES string of the molecule is CCC=C(COC(=O)CC(C)C)C(=O)OCCCC. The van der Waals surface area contributed by atoms with E-state index in [1.807, 2.05) is 27.7 Å². The van der Waals surface area contributed by atoms with Crippen molar-refractivity contribution in [2.75, 3.05) is 13.2 Å². The van der Waals surface area contributed by atoms with Crippen molar-refractivity contribution in [1.29, 1.82) is 0 Å². The first-order valence-corrected chi connectivity index (χ1v) is 7.03. The van der Waals surface area contributed by atoms with Gasteiger partial charge in [-0.25, -0.2) is 4.79 Å². The van der Waals surface area contributed by atoms with Crippen LogP contribution in [0.4, 0.5) is 0 Å². The second-order valence-corrected chi connectivity index (χ2v) is 4.89. The van der Waals surface area contributed by atoms with Crippen LogP contribution < -0.4 is 0 Å². The average molecular weight is 270 g/mol. The Morgan fingerprint density at radius 3 is 2.37 bits per heavy atom. The van der Waals surface area contributed by atoms with Crippen molar-refractivity contribution in [1.82, 2.24) is 0 Å². The maximum Gasteiger partial charge on any atom is 0.337 e. The van der Waals surface area contributed by atoms with Gasteiger partial charge in [0.15, 0.2) is 0 Å². The minimum Gasteiger partial charge on any atom is -0.462 e. The Bertz CT molecular complexity index is 305. The third-order valence-corrected chi connectivity index (χ3v) is 2.41. The van der Waals surface area contributed by atoms with Gasteiger partial charge in [0.05, 0.1) is 12.2 Å². The highest BCUT2D eigenvalue weighted by atomic mass is 16.5. The van der Waals surface area contributed by atoms with Crippen LogP contribution in [0.3, 0.4) is 0 Å². The Morgan fingerprint density at radius 2 is 1.84 bits per heavy atom. The molecule has 0 saturated carbocycles. The second-order valence-electron chi connectivity index (χ2n) is 4.89. The summed E-state index contributed by atoms with van der Waals surface area (Å²) in [5.74, 6) is -0.409. The molecule has 0 heterocycles. The molecule has 0 aliphatic carbocycles. The molecule has 0 unspecified atom stereocenters. The average Bonchev–Trinajstić information content (AvgIpc) is 2.33. The molecule has 0 atom stereocenters. The predicted molar refractivity (Wildman–Crippen MR) is 74.7 cm³/mol. The molecular weight excluding hydrogens is 244 g/mol. The Balaban J connectivity index is 4.22. The highest BCUT2D eigenvalue weighted by Crippen LogP contribution is 2.06. The minimum absolute atomic E-state index is 0.00432. The normalized spacial score (nSPS) is 11.5. The first-order chi connectivity index (χ1) is 9.01. The van der Waals surface area contributed by atoms with Gasteiger partial charge in [0.25, 0.3) is 0 Å². The molecular formula is C15H26O4. The smallest absolute Gasteiger partial charge is 0.337 e. The van der Waals surface area contributed by atoms with Gasteiger partial charge in [-0.2, -0.15) is 0 Å². The summed E-state index contributed by atoms with van der Waals surface area (Å²) >= 11 is 0. The zero-order chi connectivity index (χ0) is 14.7. The molecule has 0 aliphatic heterocycles. The molecule has 0 amide bonds. The van der Waals surface area contributed by atoms with Gasteiger partial charge in [-0.3, -0.25) is 4.79 Å². The molecule has 0 saturated heterocycles. The summed E-state index contributed by atoms with van der Waals surface area (Å²) in [4.78, 5) is 23.2. The molecule has 0 aromatic carbocycles. The molecule has 0 rings (SSSR count). The summed E-state index contributed by atoms with van der Waals surface area (Å²) < 4.78 is 10.2. The first-order valence-electron chi connectivity index (χ1n) is 7.03. The van der Waals surface area contributed by atoms with Crippen LogP contribution in [0.2, 0.25) is 0 Å². The molecule has 0 aliphatic rings. The number of ether oxygens (including phenoxy) is 2. The van der Waals surface area contributed by atoms with Gasteiger partial charge < -0.3 is 9.47 Å². The summed E-state index contributed by atoms with van der Waals surface area (Å²) in [5.41, 5.74) is 0.427. The molecule has 110 valence electrons. The van der Waals surface area contributed by atoms with E-state index in [0.717, 1.165) is 12.8 Å². The number of unbranched alkanes of at least 4 members (excludes halogenated alkanes) is 1. The summed E-state index contributed by atoms with van der Waals surface area (Å²) in [6, 6.07) is 0. The lowest BCUT2D eigenvalue weighted by atomic mass is 10.1. The number of rotatable bonds is 9. The van der Waals surface area contributed by atoms with Crippen LogP contribution >= 0.6 is 0 Å². The quantitative estimate of drug-likeness (QED) is 0.366. The van der Waals surface area contributed by atoms with Crippen molar-refractivity contribution in [2.24, 2.45) is 5.92 Å². The van der Waals surface area contributed by atoms with E-state index in [-0.39, 0.29) is 24.5 Å². The molecule has 0 spiro atoms. The Morgan fingerprint density at radius 1 is 1.16 bits per heavy atom. The molecule has 0 fully saturated rings. The molecule has 0 bridgehead atoms. The highest BCUT2D eigenvalue weighted by Gasteiger charge is 2.14. The third kappa shape index (κ3) is 9.28. The maximum atomic E-state index is 11.8. The van der Waals surface area contributed by atoms with E-state index in [0.29, 0.717) is 25.0 Å². The fourth-order valence-corrected chi connectivity index (χ4v) is 1.40. The van der Waals surface area contributed by atoms with Gasteiger partial charge in [0.1, 0.15) is 6.61 Å². The predicted octanol–water partition coefficient (Wildman–Crippen LogP) is 3.26. The van der Waals surface area contributed by atoms with Gasteiger partial charge in [0, 0.05) is 6.42 Å². The van der Waals surface area contributed by atoms with E-state index in [2.05, 4.69) is 0 Å². The van der Waals surface area contributed by atoms with E-state index in [1.165, 1.54) is 0 Å². The van der Waals surface area contributed by atoms with Gasteiger partial charge in [-0.1, -0.05) is 40.2 Å². The van der Waals surface area contributed by atoms with Gasteiger partial charge in [0.2, 0.25) is 0 Å². The van der Waals surface area contributed by atoms with Crippen LogP contribution in [-0.4, -0.2) is 25.2 Å². The van der Waals surface area contributed by atoms with Crippen LogP contribution in [0.1, 0.15) is 53.4 Å². The van der Waals surface area contributed by atoms with Crippen molar-refractivity contribution >= 4 is 11.9 Å². The summed E-state index contributed by atoms with van der Waals surface area (Å²) in [7, 11) is 0. The number of esters is 2. The fourth-order valence-electron chi connectivity index (χ4n) is 1.40. The van der Waals surface area contributed by atoms with Crippen molar-refractivity contribution in [3.8, 4) is 0 Å². The number of hydrogen-bond donors (Lipinski definition) is 0. The molecule has 4 nitrogen and oxygen atoms in total. The van der Waals surface area contributed by atoms with Crippen LogP contribution in [0.5, 0.6) is 0 Å². The van der Waals surface area contributed by atoms with Crippen LogP contribution in [0.25, 0.3) is 0 Å². The van der Waals surface area contributed by atoms with E-state index >= 15 is 0 Å². The molecule has 0 aromatic heterocycles. The lowest BCUT2D eigenvalue weighted by Gasteiger charge is -2.10. The largest absolute Gasteiger partial charge is 0.462 e. The topological polar surface area (TPSA) is 52.6 Å². The molecule has 0 aromatic rings. The number of carbonyl (C=O) groups excluding carboxylic acids is 2. The van der Waals surface area contributed by atoms with Crippen LogP contribution in [0.15, 0.2) is 11.6 Å². The summed E-state index contributed by atoms with van der Waals surface area (Å²) in [6.45, 7) is 8.27. The van der Waals surface area contributed by atoms with Crippen molar-refractivity contribution < 1.29 is 19.1 Å². The van der Waals surface area contributed by atoms with Crippen LogP contribution in [-0.2, 0) is 19.1 Å². The Hall–Kier alpha value is -1.32. The fraction of sp³-hybridized carbons (Fsp3) is 0.733. The van der Waals surface area contributed by atoms with Gasteiger partial charge >= 0.3 is 11.9 Å². The van der Waals surface area contributed by atoms with Gasteiger partial charge in [-0.05, 0) is 18.8 Å². The molecule has 0 radical (unpaired) electrons. The number of hydrogen-bond acceptors (Lipinski definition) is 4. The zero-order valence-corrected chi connectivity index (χ0v) is 12.5. The minimum atomic E-state index is -0.382. The highest BCUT2D eigenvalue weighted by molar-refractivity contribution is 5.89. The van der Waals surface area contributed by atoms with E-state index in [9.17, 15) is 9.59 Å². The summed E-state index contributed by atoms with van der Waals surface area (Å²) in [6.07, 6.45) is 4.64. The van der Waals surface area contributed by atoms with E-state index < -0.39 is 0 Å². The zero-order valence-electron chi connectivity index (χ0n) is 12.5. The Labute approximate surface area is 116 Å². The molecule has 19 heavy (non-hydrogen) atoms. The second kappa shape index (κ2) is 10.6. The van der Waals surface area contributed by atoms with Crippen LogP contribution in [0, 0.1) is 5.92 Å². The third-order valence-electron chi connectivity index (χ3n) is 2.41. The monoisotopic (exact) mass is 270 g/mol. The lowest BCUT2D eigenvalue weighted by molar-refractivity contribution is -0.145. The van der Waals surface area contributed by atoms with E-state index in [1.54, 1.807) is 6.08 Å². The van der Waals surface area contributed by atoms with Crippen molar-refractivity contribution in [3.63, 3.8) is 0 Å². The van der Waals surface area contributed by atoms with Crippen molar-refractivity contribution in [3.05, 3.63) is 11.6 Å². The number of carbonyl (C=O) groups is 2. The molecule has 4 heteroatoms. The van der Waals surface area contributed by atoms with Gasteiger partial charge in [-0.15, -0.1) is 0 Å². The lowest BCUT2D eigenvalue weighted by Crippen LogP contribution is -2.17.